The molecule has 0 aliphatic carbocycles. The second-order valence-corrected chi connectivity index (χ2v) is 4.60. The molecule has 0 radical (unpaired) electrons. The lowest BCUT2D eigenvalue weighted by molar-refractivity contribution is 1.26. The van der Waals surface area contributed by atoms with Crippen LogP contribution in [0.15, 0.2) is 58.3 Å². The van der Waals surface area contributed by atoms with Crippen molar-refractivity contribution >= 4 is 34.3 Å². The molecule has 0 amide bonds. The SMILES string of the molecule is C(=N/Nc1ccc2ccccc2n1)/c1ccsc1. The first-order chi connectivity index (χ1) is 8.92. The summed E-state index contributed by atoms with van der Waals surface area (Å²) in [5, 5.41) is 9.35. The summed E-state index contributed by atoms with van der Waals surface area (Å²) in [6, 6.07) is 14.0. The van der Waals surface area contributed by atoms with E-state index in [0.29, 0.717) is 0 Å². The van der Waals surface area contributed by atoms with Crippen molar-refractivity contribution in [3.63, 3.8) is 0 Å². The largest absolute Gasteiger partial charge is 0.261 e. The lowest BCUT2D eigenvalue weighted by Gasteiger charge is -2.01. The maximum atomic E-state index is 4.47. The van der Waals surface area contributed by atoms with Crippen molar-refractivity contribution < 1.29 is 0 Å². The minimum Gasteiger partial charge on any atom is -0.261 e. The molecule has 2 heterocycles. The maximum absolute atomic E-state index is 4.47. The van der Waals surface area contributed by atoms with Crippen molar-refractivity contribution in [2.75, 3.05) is 5.43 Å². The van der Waals surface area contributed by atoms with Crippen LogP contribution >= 0.6 is 11.3 Å². The van der Waals surface area contributed by atoms with E-state index in [9.17, 15) is 0 Å². The van der Waals surface area contributed by atoms with Crippen LogP contribution in [-0.2, 0) is 0 Å². The standard InChI is InChI=1S/C14H11N3S/c1-2-4-13-12(3-1)5-6-14(16-13)17-15-9-11-7-8-18-10-11/h1-10H,(H,16,17)/b15-9-. The summed E-state index contributed by atoms with van der Waals surface area (Å²) >= 11 is 1.65. The monoisotopic (exact) mass is 253 g/mol. The number of fused-ring (bicyclic) bond motifs is 1. The molecule has 88 valence electrons. The Morgan fingerprint density at radius 2 is 2.06 bits per heavy atom. The smallest absolute Gasteiger partial charge is 0.146 e. The molecule has 0 fully saturated rings. The van der Waals surface area contributed by atoms with Crippen molar-refractivity contribution in [1.82, 2.24) is 4.98 Å². The van der Waals surface area contributed by atoms with Crippen LogP contribution in [0.2, 0.25) is 0 Å². The Labute approximate surface area is 109 Å². The third-order valence-corrected chi connectivity index (χ3v) is 3.24. The van der Waals surface area contributed by atoms with E-state index in [4.69, 9.17) is 0 Å². The number of para-hydroxylation sites is 1. The second-order valence-electron chi connectivity index (χ2n) is 3.82. The number of anilines is 1. The Morgan fingerprint density at radius 1 is 1.11 bits per heavy atom. The predicted molar refractivity (Wildman–Crippen MR) is 77.3 cm³/mol. The van der Waals surface area contributed by atoms with E-state index < -0.39 is 0 Å². The quantitative estimate of drug-likeness (QED) is 0.570. The van der Waals surface area contributed by atoms with E-state index in [2.05, 4.69) is 15.5 Å². The van der Waals surface area contributed by atoms with Crippen molar-refractivity contribution in [3.8, 4) is 0 Å². The number of benzene rings is 1. The van der Waals surface area contributed by atoms with Gasteiger partial charge in [0.1, 0.15) is 5.82 Å². The molecular weight excluding hydrogens is 242 g/mol. The first kappa shape index (κ1) is 10.9. The molecule has 0 saturated carbocycles. The van der Waals surface area contributed by atoms with Crippen LogP contribution < -0.4 is 5.43 Å². The number of thiophene rings is 1. The van der Waals surface area contributed by atoms with Gasteiger partial charge in [0.2, 0.25) is 0 Å². The van der Waals surface area contributed by atoms with Gasteiger partial charge in [-0.25, -0.2) is 4.98 Å². The number of nitrogens with one attached hydrogen (secondary N) is 1. The number of hydrogen-bond donors (Lipinski definition) is 1. The number of hydrazone groups is 1. The normalized spacial score (nSPS) is 11.1. The summed E-state index contributed by atoms with van der Waals surface area (Å²) in [5.74, 6) is 0.750. The summed E-state index contributed by atoms with van der Waals surface area (Å²) in [7, 11) is 0. The molecule has 18 heavy (non-hydrogen) atoms. The molecule has 3 aromatic rings. The van der Waals surface area contributed by atoms with Crippen molar-refractivity contribution in [1.29, 1.82) is 0 Å². The summed E-state index contributed by atoms with van der Waals surface area (Å²) < 4.78 is 0. The first-order valence-electron chi connectivity index (χ1n) is 5.59. The average Bonchev–Trinajstić information content (AvgIpc) is 2.92. The van der Waals surface area contributed by atoms with Crippen LogP contribution in [0.25, 0.3) is 10.9 Å². The zero-order chi connectivity index (χ0) is 12.2. The van der Waals surface area contributed by atoms with Gasteiger partial charge in [-0.05, 0) is 35.0 Å². The van der Waals surface area contributed by atoms with Crippen molar-refractivity contribution in [2.24, 2.45) is 5.10 Å². The zero-order valence-electron chi connectivity index (χ0n) is 9.58. The lowest BCUT2D eigenvalue weighted by atomic mass is 10.2. The fraction of sp³-hybridized carbons (Fsp3) is 0. The molecule has 0 aliphatic rings. The van der Waals surface area contributed by atoms with Gasteiger partial charge in [0, 0.05) is 10.9 Å². The van der Waals surface area contributed by atoms with Crippen LogP contribution in [0.1, 0.15) is 5.56 Å². The van der Waals surface area contributed by atoms with Gasteiger partial charge in [-0.15, -0.1) is 0 Å². The average molecular weight is 253 g/mol. The van der Waals surface area contributed by atoms with Gasteiger partial charge in [-0.3, -0.25) is 5.43 Å². The van der Waals surface area contributed by atoms with Gasteiger partial charge < -0.3 is 0 Å². The molecular formula is C14H11N3S. The summed E-state index contributed by atoms with van der Waals surface area (Å²) in [6.07, 6.45) is 1.79. The van der Waals surface area contributed by atoms with Crippen LogP contribution in [0.3, 0.4) is 0 Å². The summed E-state index contributed by atoms with van der Waals surface area (Å²) in [6.45, 7) is 0. The Kier molecular flexibility index (Phi) is 3.02. The van der Waals surface area contributed by atoms with Gasteiger partial charge in [0.05, 0.1) is 11.7 Å². The molecule has 2 aromatic heterocycles. The molecule has 1 aromatic carbocycles. The molecule has 3 rings (SSSR count). The molecule has 0 bridgehead atoms. The van der Waals surface area contributed by atoms with E-state index >= 15 is 0 Å². The number of nitrogens with zero attached hydrogens (tertiary/aromatic N) is 2. The molecule has 0 unspecified atom stereocenters. The second kappa shape index (κ2) is 4.98. The zero-order valence-corrected chi connectivity index (χ0v) is 10.4. The molecule has 4 heteroatoms. The Hall–Kier alpha value is -2.20. The minimum atomic E-state index is 0.750. The number of rotatable bonds is 3. The molecule has 1 N–H and O–H groups in total. The third kappa shape index (κ3) is 2.38. The molecule has 0 spiro atoms. The van der Waals surface area contributed by atoms with Gasteiger partial charge in [0.15, 0.2) is 0 Å². The third-order valence-electron chi connectivity index (χ3n) is 2.53. The Bertz CT molecular complexity index is 674. The summed E-state index contributed by atoms with van der Waals surface area (Å²) in [4.78, 5) is 4.47. The predicted octanol–water partition coefficient (Wildman–Crippen LogP) is 3.74. The van der Waals surface area contributed by atoms with Gasteiger partial charge in [-0.2, -0.15) is 16.4 Å². The highest BCUT2D eigenvalue weighted by Crippen LogP contribution is 2.14. The molecule has 0 atom stereocenters. The Balaban J connectivity index is 1.78. The summed E-state index contributed by atoms with van der Waals surface area (Å²) in [5.41, 5.74) is 4.99. The van der Waals surface area contributed by atoms with E-state index in [0.717, 1.165) is 22.3 Å². The van der Waals surface area contributed by atoms with E-state index in [1.54, 1.807) is 17.6 Å². The number of pyridine rings is 1. The van der Waals surface area contributed by atoms with E-state index in [1.165, 1.54) is 0 Å². The van der Waals surface area contributed by atoms with Crippen molar-refractivity contribution in [2.45, 2.75) is 0 Å². The van der Waals surface area contributed by atoms with Gasteiger partial charge in [-0.1, -0.05) is 18.2 Å². The highest BCUT2D eigenvalue weighted by atomic mass is 32.1. The number of aromatic nitrogens is 1. The number of hydrogen-bond acceptors (Lipinski definition) is 4. The molecule has 3 nitrogen and oxygen atoms in total. The van der Waals surface area contributed by atoms with Crippen LogP contribution in [0.4, 0.5) is 5.82 Å². The van der Waals surface area contributed by atoms with Crippen LogP contribution in [0.5, 0.6) is 0 Å². The van der Waals surface area contributed by atoms with Crippen LogP contribution in [0, 0.1) is 0 Å². The maximum Gasteiger partial charge on any atom is 0.146 e. The highest BCUT2D eigenvalue weighted by molar-refractivity contribution is 7.08. The van der Waals surface area contributed by atoms with Crippen LogP contribution in [-0.4, -0.2) is 11.2 Å². The molecule has 0 aliphatic heterocycles. The van der Waals surface area contributed by atoms with Gasteiger partial charge in [0.25, 0.3) is 0 Å². The fourth-order valence-corrected chi connectivity index (χ4v) is 2.26. The highest BCUT2D eigenvalue weighted by Gasteiger charge is 1.95. The molecule has 0 saturated heterocycles. The minimum absolute atomic E-state index is 0.750. The van der Waals surface area contributed by atoms with E-state index in [1.807, 2.05) is 53.2 Å². The fourth-order valence-electron chi connectivity index (χ4n) is 1.65. The van der Waals surface area contributed by atoms with Crippen molar-refractivity contribution in [3.05, 3.63) is 58.8 Å². The van der Waals surface area contributed by atoms with E-state index in [-0.39, 0.29) is 0 Å². The lowest BCUT2D eigenvalue weighted by Crippen LogP contribution is -1.93. The van der Waals surface area contributed by atoms with Gasteiger partial charge >= 0.3 is 0 Å². The Morgan fingerprint density at radius 3 is 2.94 bits per heavy atom. The first-order valence-corrected chi connectivity index (χ1v) is 6.53. The topological polar surface area (TPSA) is 37.3 Å².